The third-order valence-electron chi connectivity index (χ3n) is 6.28. The number of amides is 1. The molecule has 1 fully saturated rings. The number of carbonyl (C=O) groups is 1. The minimum absolute atomic E-state index is 0.187. The third kappa shape index (κ3) is 8.07. The Morgan fingerprint density at radius 3 is 2.34 bits per heavy atom. The fourth-order valence-electron chi connectivity index (χ4n) is 4.54. The molecule has 0 aromatic heterocycles. The number of rotatable bonds is 11. The Morgan fingerprint density at radius 2 is 1.69 bits per heavy atom. The first kappa shape index (κ1) is 28.2. The quantitative estimate of drug-likeness (QED) is 0.291. The topological polar surface area (TPSA) is 66.5 Å². The van der Waals surface area contributed by atoms with Crippen molar-refractivity contribution in [3.63, 3.8) is 0 Å². The first-order chi connectivity index (χ1) is 16.7. The minimum Gasteiger partial charge on any atom is -0.352 e. The van der Waals surface area contributed by atoms with Crippen molar-refractivity contribution in [1.29, 1.82) is 0 Å². The molecule has 2 aromatic rings. The average molecular weight is 582 g/mol. The first-order valence-corrected chi connectivity index (χ1v) is 15.6. The predicted octanol–water partition coefficient (Wildman–Crippen LogP) is 6.97. The van der Waals surface area contributed by atoms with E-state index < -0.39 is 10.0 Å². The van der Waals surface area contributed by atoms with Crippen LogP contribution in [0.15, 0.2) is 61.6 Å². The number of carbonyl (C=O) groups excluding carboxylic acids is 1. The van der Waals surface area contributed by atoms with E-state index >= 15 is 0 Å². The van der Waals surface area contributed by atoms with Gasteiger partial charge in [0.1, 0.15) is 0 Å². The number of piperidine rings is 1. The number of nitrogens with one attached hydrogen (secondary N) is 1. The highest BCUT2D eigenvalue weighted by atomic mass is 79.9. The van der Waals surface area contributed by atoms with E-state index in [1.54, 1.807) is 22.5 Å². The van der Waals surface area contributed by atoms with Crippen molar-refractivity contribution < 1.29 is 13.2 Å². The van der Waals surface area contributed by atoms with Crippen molar-refractivity contribution in [3.8, 4) is 0 Å². The molecule has 1 saturated heterocycles. The lowest BCUT2D eigenvalue weighted by Crippen LogP contribution is -2.42. The number of unbranched alkanes of at least 4 members (excludes halogenated alkanes) is 4. The van der Waals surface area contributed by atoms with Gasteiger partial charge in [0, 0.05) is 33.9 Å². The number of nitrogens with zero attached hydrogens (tertiary/aromatic N) is 1. The Labute approximate surface area is 223 Å². The van der Waals surface area contributed by atoms with Gasteiger partial charge >= 0.3 is 0 Å². The van der Waals surface area contributed by atoms with Gasteiger partial charge in [-0.1, -0.05) is 74.1 Å². The molecule has 2 aromatic carbocycles. The molecular formula is C27H37BrN2O3S2. The molecule has 1 aliphatic rings. The van der Waals surface area contributed by atoms with Crippen LogP contribution in [0.4, 0.5) is 0 Å². The Balaban J connectivity index is 1.85. The third-order valence-corrected chi connectivity index (χ3v) is 9.72. The van der Waals surface area contributed by atoms with Crippen LogP contribution in [0.25, 0.3) is 0 Å². The molecule has 0 aliphatic carbocycles. The van der Waals surface area contributed by atoms with Gasteiger partial charge in [-0.05, 0) is 67.1 Å². The minimum atomic E-state index is -3.68. The monoisotopic (exact) mass is 580 g/mol. The van der Waals surface area contributed by atoms with Gasteiger partial charge in [0.2, 0.25) is 10.0 Å². The highest BCUT2D eigenvalue weighted by molar-refractivity contribution is 9.10. The highest BCUT2D eigenvalue weighted by Gasteiger charge is 2.32. The first-order valence-electron chi connectivity index (χ1n) is 12.6. The molecule has 0 spiro atoms. The second-order valence-corrected chi connectivity index (χ2v) is 13.6. The molecule has 1 amide bonds. The van der Waals surface area contributed by atoms with Gasteiger partial charge in [0.25, 0.3) is 5.91 Å². The van der Waals surface area contributed by atoms with E-state index in [4.69, 9.17) is 0 Å². The Bertz CT molecular complexity index is 1080. The molecule has 0 saturated carbocycles. The van der Waals surface area contributed by atoms with E-state index in [2.05, 4.69) is 42.0 Å². The zero-order valence-electron chi connectivity index (χ0n) is 20.9. The summed E-state index contributed by atoms with van der Waals surface area (Å²) in [6, 6.07) is 12.8. The van der Waals surface area contributed by atoms with Gasteiger partial charge in [0.05, 0.1) is 10.5 Å². The molecule has 3 rings (SSSR count). The lowest BCUT2D eigenvalue weighted by molar-refractivity contribution is 0.0949. The number of benzene rings is 2. The summed E-state index contributed by atoms with van der Waals surface area (Å²) in [4.78, 5) is 15.1. The fraction of sp³-hybridized carbons (Fsp3) is 0.519. The molecule has 35 heavy (non-hydrogen) atoms. The van der Waals surface area contributed by atoms with E-state index in [-0.39, 0.29) is 10.8 Å². The van der Waals surface area contributed by atoms with Crippen LogP contribution in [-0.4, -0.2) is 38.3 Å². The van der Waals surface area contributed by atoms with E-state index in [0.29, 0.717) is 37.0 Å². The molecule has 2 atom stereocenters. The number of hydrogen-bond donors (Lipinski definition) is 1. The van der Waals surface area contributed by atoms with Crippen LogP contribution >= 0.6 is 27.7 Å². The fourth-order valence-corrected chi connectivity index (χ4v) is 7.44. The van der Waals surface area contributed by atoms with Crippen molar-refractivity contribution in [2.45, 2.75) is 74.0 Å². The second-order valence-electron chi connectivity index (χ2n) is 9.65. The van der Waals surface area contributed by atoms with E-state index in [9.17, 15) is 13.2 Å². The SMILES string of the molecule is CCCCCCCNC(=O)c1cc(S(=O)(=O)N2C[C@H](C)C[C@H](C)C2)ccc1Sc1ccc(Br)cc1. The highest BCUT2D eigenvalue weighted by Crippen LogP contribution is 2.34. The van der Waals surface area contributed by atoms with E-state index in [1.165, 1.54) is 24.6 Å². The van der Waals surface area contributed by atoms with Crippen LogP contribution in [-0.2, 0) is 10.0 Å². The largest absolute Gasteiger partial charge is 0.352 e. The average Bonchev–Trinajstić information content (AvgIpc) is 2.82. The standard InChI is InChI=1S/C27H37BrN2O3S2/c1-4-5-6-7-8-15-29-27(31)25-17-24(35(32,33)30-18-20(2)16-21(3)19-30)13-14-26(25)34-23-11-9-22(28)10-12-23/h9-14,17,20-21H,4-8,15-16,18-19H2,1-3H3,(H,29,31)/t20-,21+. The van der Waals surface area contributed by atoms with Crippen LogP contribution in [0.3, 0.4) is 0 Å². The van der Waals surface area contributed by atoms with Gasteiger partial charge in [-0.15, -0.1) is 0 Å². The predicted molar refractivity (Wildman–Crippen MR) is 148 cm³/mol. The van der Waals surface area contributed by atoms with Gasteiger partial charge in [-0.2, -0.15) is 4.31 Å². The zero-order valence-corrected chi connectivity index (χ0v) is 24.1. The van der Waals surface area contributed by atoms with Crippen molar-refractivity contribution in [3.05, 3.63) is 52.5 Å². The normalized spacial score (nSPS) is 19.0. The molecule has 1 aliphatic heterocycles. The molecular weight excluding hydrogens is 544 g/mol. The summed E-state index contributed by atoms with van der Waals surface area (Å²) < 4.78 is 29.6. The molecule has 1 N–H and O–H groups in total. The van der Waals surface area contributed by atoms with Gasteiger partial charge in [-0.3, -0.25) is 4.79 Å². The summed E-state index contributed by atoms with van der Waals surface area (Å²) in [5.41, 5.74) is 0.408. The summed E-state index contributed by atoms with van der Waals surface area (Å²) in [5.74, 6) is 0.407. The van der Waals surface area contributed by atoms with E-state index in [0.717, 1.165) is 39.9 Å². The van der Waals surface area contributed by atoms with Crippen LogP contribution in [0.2, 0.25) is 0 Å². The molecule has 192 valence electrons. The maximum absolute atomic E-state index is 13.5. The van der Waals surface area contributed by atoms with Crippen LogP contribution in [0.5, 0.6) is 0 Å². The van der Waals surface area contributed by atoms with Crippen molar-refractivity contribution in [2.24, 2.45) is 11.8 Å². The van der Waals surface area contributed by atoms with Crippen LogP contribution in [0.1, 0.15) is 69.7 Å². The van der Waals surface area contributed by atoms with Crippen LogP contribution < -0.4 is 5.32 Å². The lowest BCUT2D eigenvalue weighted by atomic mass is 9.94. The van der Waals surface area contributed by atoms with E-state index in [1.807, 2.05) is 24.3 Å². The number of halogens is 1. The molecule has 0 unspecified atom stereocenters. The number of hydrogen-bond acceptors (Lipinski definition) is 4. The van der Waals surface area contributed by atoms with Gasteiger partial charge < -0.3 is 5.32 Å². The lowest BCUT2D eigenvalue weighted by Gasteiger charge is -2.34. The molecule has 5 nitrogen and oxygen atoms in total. The summed E-state index contributed by atoms with van der Waals surface area (Å²) in [5, 5.41) is 3.02. The van der Waals surface area contributed by atoms with Crippen molar-refractivity contribution in [1.82, 2.24) is 9.62 Å². The Hall–Kier alpha value is -1.35. The smallest absolute Gasteiger partial charge is 0.252 e. The molecule has 8 heteroatoms. The second kappa shape index (κ2) is 13.3. The maximum Gasteiger partial charge on any atom is 0.252 e. The van der Waals surface area contributed by atoms with Crippen molar-refractivity contribution in [2.75, 3.05) is 19.6 Å². The molecule has 0 bridgehead atoms. The Morgan fingerprint density at radius 1 is 1.03 bits per heavy atom. The molecule has 0 radical (unpaired) electrons. The summed E-state index contributed by atoms with van der Waals surface area (Å²) in [6.45, 7) is 7.98. The van der Waals surface area contributed by atoms with Gasteiger partial charge in [0.15, 0.2) is 0 Å². The summed E-state index contributed by atoms with van der Waals surface area (Å²) in [7, 11) is -3.68. The zero-order chi connectivity index (χ0) is 25.4. The molecule has 1 heterocycles. The van der Waals surface area contributed by atoms with Gasteiger partial charge in [-0.25, -0.2) is 8.42 Å². The summed E-state index contributed by atoms with van der Waals surface area (Å²) in [6.07, 6.45) is 6.57. The maximum atomic E-state index is 13.5. The van der Waals surface area contributed by atoms with Crippen LogP contribution in [0, 0.1) is 11.8 Å². The number of sulfonamides is 1. The summed E-state index contributed by atoms with van der Waals surface area (Å²) >= 11 is 4.92. The Kier molecular flexibility index (Phi) is 10.7. The van der Waals surface area contributed by atoms with Crippen molar-refractivity contribution >= 4 is 43.6 Å².